The molecule has 1 unspecified atom stereocenters. The third-order valence-corrected chi connectivity index (χ3v) is 6.53. The molecule has 7 heteroatoms. The third kappa shape index (κ3) is 7.09. The Labute approximate surface area is 214 Å². The minimum Gasteiger partial charge on any atom is -0.444 e. The number of nitrogens with one attached hydrogen (secondary N) is 2. The van der Waals surface area contributed by atoms with Crippen molar-refractivity contribution in [3.63, 3.8) is 0 Å². The van der Waals surface area contributed by atoms with Gasteiger partial charge in [-0.1, -0.05) is 49.8 Å². The fourth-order valence-electron chi connectivity index (χ4n) is 4.71. The Morgan fingerprint density at radius 3 is 2.50 bits per heavy atom. The monoisotopic (exact) mass is 493 g/mol. The summed E-state index contributed by atoms with van der Waals surface area (Å²) in [5.74, 6) is -0.0209. The number of carbonyl (C=O) groups is 3. The van der Waals surface area contributed by atoms with Gasteiger partial charge in [0.25, 0.3) is 0 Å². The maximum Gasteiger partial charge on any atom is 0.410 e. The number of fused-ring (bicyclic) bond motifs is 1. The molecule has 1 fully saturated rings. The van der Waals surface area contributed by atoms with Gasteiger partial charge in [-0.3, -0.25) is 14.9 Å². The first-order chi connectivity index (χ1) is 17.1. The van der Waals surface area contributed by atoms with Gasteiger partial charge < -0.3 is 15.0 Å². The summed E-state index contributed by atoms with van der Waals surface area (Å²) in [6.07, 6.45) is 9.83. The molecule has 2 N–H and O–H groups in total. The molecule has 1 aliphatic heterocycles. The summed E-state index contributed by atoms with van der Waals surface area (Å²) in [7, 11) is 0. The molecule has 1 aliphatic carbocycles. The Kier molecular flexibility index (Phi) is 9.13. The summed E-state index contributed by atoms with van der Waals surface area (Å²) in [5.41, 5.74) is 4.81. The predicted molar refractivity (Wildman–Crippen MR) is 143 cm³/mol. The maximum atomic E-state index is 12.5. The number of rotatable bonds is 7. The van der Waals surface area contributed by atoms with Crippen LogP contribution >= 0.6 is 0 Å². The van der Waals surface area contributed by atoms with E-state index in [-0.39, 0.29) is 12.0 Å². The second-order valence-electron chi connectivity index (χ2n) is 10.5. The zero-order valence-corrected chi connectivity index (χ0v) is 22.1. The highest BCUT2D eigenvalue weighted by atomic mass is 16.6. The third-order valence-electron chi connectivity index (χ3n) is 6.53. The Hall–Kier alpha value is -3.35. The van der Waals surface area contributed by atoms with E-state index in [4.69, 9.17) is 4.74 Å². The van der Waals surface area contributed by atoms with Crippen molar-refractivity contribution in [2.75, 3.05) is 13.1 Å². The number of piperidine rings is 1. The molecular weight excluding hydrogens is 454 g/mol. The Morgan fingerprint density at radius 1 is 1.17 bits per heavy atom. The average Bonchev–Trinajstić information content (AvgIpc) is 3.03. The van der Waals surface area contributed by atoms with E-state index in [1.165, 1.54) is 5.57 Å². The summed E-state index contributed by atoms with van der Waals surface area (Å²) < 4.78 is 5.55. The molecule has 1 aromatic carbocycles. The Bertz CT molecular complexity index is 1060. The molecule has 36 heavy (non-hydrogen) atoms. The van der Waals surface area contributed by atoms with E-state index in [2.05, 4.69) is 41.0 Å². The average molecular weight is 494 g/mol. The molecule has 1 aromatic rings. The lowest BCUT2D eigenvalue weighted by molar-refractivity contribution is -0.126. The van der Waals surface area contributed by atoms with Crippen LogP contribution in [0, 0.1) is 5.92 Å². The maximum absolute atomic E-state index is 12.5. The van der Waals surface area contributed by atoms with E-state index >= 15 is 0 Å². The molecule has 7 nitrogen and oxygen atoms in total. The topological polar surface area (TPSA) is 87.7 Å². The minimum absolute atomic E-state index is 0.255. The van der Waals surface area contributed by atoms with Gasteiger partial charge in [0.15, 0.2) is 0 Å². The van der Waals surface area contributed by atoms with Crippen molar-refractivity contribution >= 4 is 30.1 Å². The number of allylic oxidation sites excluding steroid dienone is 5. The van der Waals surface area contributed by atoms with Crippen molar-refractivity contribution in [3.8, 4) is 0 Å². The molecule has 1 atom stereocenters. The van der Waals surface area contributed by atoms with E-state index in [1.54, 1.807) is 4.90 Å². The van der Waals surface area contributed by atoms with Gasteiger partial charge in [-0.15, -0.1) is 0 Å². The van der Waals surface area contributed by atoms with E-state index in [1.807, 2.05) is 46.8 Å². The number of carbonyl (C=O) groups excluding carboxylic acids is 3. The summed E-state index contributed by atoms with van der Waals surface area (Å²) in [5, 5.41) is 5.66. The van der Waals surface area contributed by atoms with Crippen LogP contribution in [0.1, 0.15) is 71.4 Å². The fraction of sp³-hybridized carbons (Fsp3) is 0.483. The molecule has 1 saturated heterocycles. The van der Waals surface area contributed by atoms with Crippen LogP contribution < -0.4 is 10.6 Å². The smallest absolute Gasteiger partial charge is 0.410 e. The normalized spacial score (nSPS) is 18.4. The lowest BCUT2D eigenvalue weighted by Crippen LogP contribution is -2.43. The summed E-state index contributed by atoms with van der Waals surface area (Å²) in [6.45, 7) is 10.9. The van der Waals surface area contributed by atoms with Gasteiger partial charge in [-0.25, -0.2) is 4.79 Å². The Balaban J connectivity index is 1.86. The summed E-state index contributed by atoms with van der Waals surface area (Å²) >= 11 is 0. The van der Waals surface area contributed by atoms with Crippen LogP contribution in [0.5, 0.6) is 0 Å². The summed E-state index contributed by atoms with van der Waals surface area (Å²) in [4.78, 5) is 37.6. The van der Waals surface area contributed by atoms with Crippen molar-refractivity contribution in [1.82, 2.24) is 15.5 Å². The quantitative estimate of drug-likeness (QED) is 0.519. The highest BCUT2D eigenvalue weighted by molar-refractivity contribution is 5.91. The number of ether oxygens (including phenoxy) is 1. The standard InChI is InChI=1S/C29H39N3O4/c1-6-9-26(27(34)30-19-33)31-20(2)25-18-23(13-12-22-10-7-8-11-24(22)25)21-14-16-32(17-15-21)28(35)36-29(3,4)5/h7-8,10-13,18-19,21,26,31H,6,9,14-17H2,1-5H3,(H,30,33,34)/b25-20-. The van der Waals surface area contributed by atoms with Crippen molar-refractivity contribution < 1.29 is 19.1 Å². The number of imide groups is 1. The fourth-order valence-corrected chi connectivity index (χ4v) is 4.71. The number of amides is 3. The van der Waals surface area contributed by atoms with Crippen molar-refractivity contribution in [3.05, 3.63) is 58.8 Å². The lowest BCUT2D eigenvalue weighted by Gasteiger charge is -2.34. The first-order valence-corrected chi connectivity index (χ1v) is 12.8. The number of benzene rings is 1. The van der Waals surface area contributed by atoms with Gasteiger partial charge in [0.05, 0.1) is 0 Å². The van der Waals surface area contributed by atoms with Crippen molar-refractivity contribution in [2.24, 2.45) is 5.92 Å². The largest absolute Gasteiger partial charge is 0.444 e. The second kappa shape index (κ2) is 12.1. The van der Waals surface area contributed by atoms with Crippen molar-refractivity contribution in [1.29, 1.82) is 0 Å². The first-order valence-electron chi connectivity index (χ1n) is 12.8. The Morgan fingerprint density at radius 2 is 1.86 bits per heavy atom. The number of hydrogen-bond acceptors (Lipinski definition) is 5. The molecule has 0 aromatic heterocycles. The van der Waals surface area contributed by atoms with E-state index in [0.29, 0.717) is 31.8 Å². The molecule has 1 heterocycles. The molecule has 2 aliphatic rings. The van der Waals surface area contributed by atoms with Crippen LogP contribution in [0.3, 0.4) is 0 Å². The minimum atomic E-state index is -0.505. The van der Waals surface area contributed by atoms with Gasteiger partial charge in [-0.05, 0) is 75.7 Å². The molecule has 0 radical (unpaired) electrons. The van der Waals surface area contributed by atoms with Gasteiger partial charge >= 0.3 is 6.09 Å². The van der Waals surface area contributed by atoms with E-state index < -0.39 is 11.6 Å². The number of nitrogens with zero attached hydrogens (tertiary/aromatic N) is 1. The SMILES string of the molecule is CCCC(N/C(C)=C1/C=C(C2CCN(C(=O)OC(C)(C)C)CC2)C=Cc2ccccc21)C(=O)NC=O. The number of hydrogen-bond donors (Lipinski definition) is 2. The lowest BCUT2D eigenvalue weighted by atomic mass is 9.87. The summed E-state index contributed by atoms with van der Waals surface area (Å²) in [6, 6.07) is 7.71. The van der Waals surface area contributed by atoms with Crippen LogP contribution in [-0.2, 0) is 14.3 Å². The molecule has 0 saturated carbocycles. The van der Waals surface area contributed by atoms with Crippen LogP contribution in [0.25, 0.3) is 11.6 Å². The molecule has 0 bridgehead atoms. The van der Waals surface area contributed by atoms with E-state index in [9.17, 15) is 14.4 Å². The van der Waals surface area contributed by atoms with Crippen LogP contribution in [0.2, 0.25) is 0 Å². The van der Waals surface area contributed by atoms with Gasteiger partial charge in [0.1, 0.15) is 11.6 Å². The molecule has 194 valence electrons. The molecule has 3 rings (SSSR count). The first kappa shape index (κ1) is 27.2. The van der Waals surface area contributed by atoms with Crippen LogP contribution in [-0.4, -0.2) is 48.0 Å². The van der Waals surface area contributed by atoms with Gasteiger partial charge in [-0.2, -0.15) is 0 Å². The zero-order valence-electron chi connectivity index (χ0n) is 22.1. The molecule has 3 amide bonds. The second-order valence-corrected chi connectivity index (χ2v) is 10.5. The predicted octanol–water partition coefficient (Wildman–Crippen LogP) is 5.05. The number of likely N-dealkylation sites (tertiary alicyclic amines) is 1. The zero-order chi connectivity index (χ0) is 26.3. The van der Waals surface area contributed by atoms with Crippen molar-refractivity contribution in [2.45, 2.75) is 71.9 Å². The molecular formula is C29H39N3O4. The highest BCUT2D eigenvalue weighted by Gasteiger charge is 2.29. The van der Waals surface area contributed by atoms with Crippen LogP contribution in [0.4, 0.5) is 4.79 Å². The van der Waals surface area contributed by atoms with Crippen LogP contribution in [0.15, 0.2) is 47.7 Å². The highest BCUT2D eigenvalue weighted by Crippen LogP contribution is 2.34. The van der Waals surface area contributed by atoms with Gasteiger partial charge in [0, 0.05) is 24.4 Å². The van der Waals surface area contributed by atoms with Gasteiger partial charge in [0.2, 0.25) is 12.3 Å². The van der Waals surface area contributed by atoms with E-state index in [0.717, 1.165) is 41.7 Å². The molecule has 0 spiro atoms.